The van der Waals surface area contributed by atoms with Gasteiger partial charge in [0.25, 0.3) is 0 Å². The molecule has 102 valence electrons. The van der Waals surface area contributed by atoms with Crippen LogP contribution >= 0.6 is 11.5 Å². The predicted octanol–water partition coefficient (Wildman–Crippen LogP) is 0.807. The molecule has 7 nitrogen and oxygen atoms in total. The van der Waals surface area contributed by atoms with Gasteiger partial charge in [-0.2, -0.15) is 4.98 Å². The third-order valence-electron chi connectivity index (χ3n) is 3.57. The molecule has 1 aliphatic heterocycles. The van der Waals surface area contributed by atoms with Gasteiger partial charge in [0, 0.05) is 13.1 Å². The van der Waals surface area contributed by atoms with Crippen molar-refractivity contribution < 1.29 is 0 Å². The van der Waals surface area contributed by atoms with Crippen molar-refractivity contribution in [2.24, 2.45) is 11.7 Å². The van der Waals surface area contributed by atoms with Crippen molar-refractivity contribution in [3.05, 3.63) is 5.69 Å². The number of nitrogens with two attached hydrogens (primary N) is 1. The second-order valence-corrected chi connectivity index (χ2v) is 5.59. The van der Waals surface area contributed by atoms with Crippen molar-refractivity contribution in [2.75, 3.05) is 24.5 Å². The van der Waals surface area contributed by atoms with Gasteiger partial charge in [0.2, 0.25) is 5.95 Å². The second kappa shape index (κ2) is 5.22. The van der Waals surface area contributed by atoms with Crippen LogP contribution in [0.2, 0.25) is 0 Å². The van der Waals surface area contributed by atoms with Gasteiger partial charge in [0.1, 0.15) is 4.88 Å². The molecule has 8 heteroatoms. The number of nitrogens with one attached hydrogen (secondary N) is 1. The van der Waals surface area contributed by atoms with Gasteiger partial charge in [0.05, 0.1) is 5.69 Å². The Kier molecular flexibility index (Phi) is 3.43. The normalized spacial score (nSPS) is 17.1. The lowest BCUT2D eigenvalue weighted by Crippen LogP contribution is -2.36. The zero-order valence-corrected chi connectivity index (χ0v) is 11.7. The van der Waals surface area contributed by atoms with E-state index in [9.17, 15) is 0 Å². The van der Waals surface area contributed by atoms with Crippen LogP contribution < -0.4 is 10.6 Å². The lowest BCUT2D eigenvalue weighted by atomic mass is 9.97. The van der Waals surface area contributed by atoms with E-state index < -0.39 is 0 Å². The number of H-pyrrole nitrogens is 1. The summed E-state index contributed by atoms with van der Waals surface area (Å²) >= 11 is 1.34. The number of anilines is 1. The van der Waals surface area contributed by atoms with Crippen LogP contribution in [0.1, 0.15) is 18.5 Å². The Labute approximate surface area is 115 Å². The van der Waals surface area contributed by atoms with E-state index in [1.165, 1.54) is 11.5 Å². The Morgan fingerprint density at radius 2 is 2.21 bits per heavy atom. The summed E-state index contributed by atoms with van der Waals surface area (Å²) in [6.45, 7) is 4.64. The molecule has 3 rings (SSSR count). The zero-order valence-electron chi connectivity index (χ0n) is 10.8. The van der Waals surface area contributed by atoms with Gasteiger partial charge in [-0.3, -0.25) is 5.10 Å². The molecule has 3 heterocycles. The third kappa shape index (κ3) is 2.45. The van der Waals surface area contributed by atoms with Crippen LogP contribution in [0.5, 0.6) is 0 Å². The van der Waals surface area contributed by atoms with E-state index >= 15 is 0 Å². The maximum absolute atomic E-state index is 5.70. The van der Waals surface area contributed by atoms with Gasteiger partial charge in [-0.15, -0.1) is 10.2 Å². The lowest BCUT2D eigenvalue weighted by Gasteiger charge is -2.30. The smallest absolute Gasteiger partial charge is 0.245 e. The number of aromatic amines is 1. The molecule has 0 saturated carbocycles. The molecule has 2 aromatic rings. The van der Waals surface area contributed by atoms with E-state index in [1.807, 2.05) is 6.92 Å². The average molecular weight is 279 g/mol. The molecule has 0 amide bonds. The molecule has 0 aromatic carbocycles. The van der Waals surface area contributed by atoms with Crippen LogP contribution in [0.25, 0.3) is 10.7 Å². The largest absolute Gasteiger partial charge is 0.340 e. The molecular formula is C11H17N7S. The Morgan fingerprint density at radius 3 is 2.84 bits per heavy atom. The third-order valence-corrected chi connectivity index (χ3v) is 4.41. The van der Waals surface area contributed by atoms with Crippen LogP contribution in [0.15, 0.2) is 0 Å². The number of piperidine rings is 1. The fourth-order valence-electron chi connectivity index (χ4n) is 2.31. The maximum Gasteiger partial charge on any atom is 0.245 e. The Morgan fingerprint density at radius 1 is 1.42 bits per heavy atom. The number of aromatic nitrogens is 5. The maximum atomic E-state index is 5.70. The van der Waals surface area contributed by atoms with Gasteiger partial charge in [0.15, 0.2) is 5.82 Å². The SMILES string of the molecule is Cc1nnsc1-c1nc(N2CCC(CN)CC2)n[nH]1. The van der Waals surface area contributed by atoms with E-state index in [2.05, 4.69) is 29.7 Å². The predicted molar refractivity (Wildman–Crippen MR) is 74.0 cm³/mol. The summed E-state index contributed by atoms with van der Waals surface area (Å²) in [5.41, 5.74) is 6.59. The Balaban J connectivity index is 1.74. The fraction of sp³-hybridized carbons (Fsp3) is 0.636. The van der Waals surface area contributed by atoms with Gasteiger partial charge < -0.3 is 10.6 Å². The van der Waals surface area contributed by atoms with E-state index in [0.717, 1.165) is 54.8 Å². The molecule has 0 atom stereocenters. The van der Waals surface area contributed by atoms with Crippen molar-refractivity contribution in [3.8, 4) is 10.7 Å². The zero-order chi connectivity index (χ0) is 13.2. The number of aryl methyl sites for hydroxylation is 1. The highest BCUT2D eigenvalue weighted by Gasteiger charge is 2.21. The molecule has 2 aromatic heterocycles. The molecule has 0 bridgehead atoms. The second-order valence-electron chi connectivity index (χ2n) is 4.84. The highest BCUT2D eigenvalue weighted by Crippen LogP contribution is 2.25. The molecule has 1 fully saturated rings. The standard InChI is InChI=1S/C11H17N7S/c1-7-9(19-17-14-7)10-13-11(16-15-10)18-4-2-8(6-12)3-5-18/h8H,2-6,12H2,1H3,(H,13,15,16). The minimum Gasteiger partial charge on any atom is -0.340 e. The van der Waals surface area contributed by atoms with Crippen molar-refractivity contribution in [1.29, 1.82) is 0 Å². The lowest BCUT2D eigenvalue weighted by molar-refractivity contribution is 0.411. The summed E-state index contributed by atoms with van der Waals surface area (Å²) in [5, 5.41) is 11.3. The van der Waals surface area contributed by atoms with Gasteiger partial charge in [-0.1, -0.05) is 4.49 Å². The summed E-state index contributed by atoms with van der Waals surface area (Å²) in [7, 11) is 0. The van der Waals surface area contributed by atoms with E-state index in [-0.39, 0.29) is 0 Å². The minimum atomic E-state index is 0.641. The number of hydrogen-bond donors (Lipinski definition) is 2. The monoisotopic (exact) mass is 279 g/mol. The Hall–Kier alpha value is -1.54. The van der Waals surface area contributed by atoms with Crippen molar-refractivity contribution >= 4 is 17.5 Å². The fourth-order valence-corrected chi connectivity index (χ4v) is 2.91. The first-order valence-electron chi connectivity index (χ1n) is 6.44. The topological polar surface area (TPSA) is 96.6 Å². The highest BCUT2D eigenvalue weighted by molar-refractivity contribution is 7.09. The molecule has 1 saturated heterocycles. The molecule has 0 radical (unpaired) electrons. The first kappa shape index (κ1) is 12.5. The van der Waals surface area contributed by atoms with Crippen LogP contribution in [0.4, 0.5) is 5.95 Å². The summed E-state index contributed by atoms with van der Waals surface area (Å²) in [5.74, 6) is 2.16. The Bertz CT molecular complexity index is 541. The van der Waals surface area contributed by atoms with E-state index in [1.54, 1.807) is 0 Å². The molecule has 0 unspecified atom stereocenters. The molecule has 1 aliphatic rings. The van der Waals surface area contributed by atoms with Crippen LogP contribution in [-0.4, -0.2) is 44.4 Å². The molecular weight excluding hydrogens is 262 g/mol. The van der Waals surface area contributed by atoms with Crippen LogP contribution in [0.3, 0.4) is 0 Å². The minimum absolute atomic E-state index is 0.641. The summed E-state index contributed by atoms with van der Waals surface area (Å²) < 4.78 is 3.92. The summed E-state index contributed by atoms with van der Waals surface area (Å²) in [4.78, 5) is 7.71. The molecule has 3 N–H and O–H groups in total. The molecule has 0 spiro atoms. The van der Waals surface area contributed by atoms with Crippen molar-refractivity contribution in [1.82, 2.24) is 24.8 Å². The molecule has 19 heavy (non-hydrogen) atoms. The van der Waals surface area contributed by atoms with E-state index in [0.29, 0.717) is 5.92 Å². The van der Waals surface area contributed by atoms with Gasteiger partial charge >= 0.3 is 0 Å². The van der Waals surface area contributed by atoms with E-state index in [4.69, 9.17) is 5.73 Å². The van der Waals surface area contributed by atoms with Crippen LogP contribution in [0, 0.1) is 12.8 Å². The first-order chi connectivity index (χ1) is 9.28. The molecule has 0 aliphatic carbocycles. The highest BCUT2D eigenvalue weighted by atomic mass is 32.1. The van der Waals surface area contributed by atoms with Gasteiger partial charge in [-0.25, -0.2) is 0 Å². The summed E-state index contributed by atoms with van der Waals surface area (Å²) in [6.07, 6.45) is 2.23. The first-order valence-corrected chi connectivity index (χ1v) is 7.22. The quantitative estimate of drug-likeness (QED) is 0.863. The van der Waals surface area contributed by atoms with Crippen LogP contribution in [-0.2, 0) is 0 Å². The van der Waals surface area contributed by atoms with Gasteiger partial charge in [-0.05, 0) is 43.8 Å². The number of nitrogens with zero attached hydrogens (tertiary/aromatic N) is 5. The van der Waals surface area contributed by atoms with Crippen molar-refractivity contribution in [2.45, 2.75) is 19.8 Å². The summed E-state index contributed by atoms with van der Waals surface area (Å²) in [6, 6.07) is 0. The number of rotatable bonds is 3. The average Bonchev–Trinajstić information content (AvgIpc) is 3.07. The number of hydrogen-bond acceptors (Lipinski definition) is 7. The van der Waals surface area contributed by atoms with Crippen molar-refractivity contribution in [3.63, 3.8) is 0 Å².